The first kappa shape index (κ1) is 20.3. The second kappa shape index (κ2) is 12.6. The zero-order chi connectivity index (χ0) is 16.9. The predicted octanol–water partition coefficient (Wildman–Crippen LogP) is 5.34. The summed E-state index contributed by atoms with van der Waals surface area (Å²) < 4.78 is 0.596. The lowest BCUT2D eigenvalue weighted by Gasteiger charge is -2.09. The average molecular weight is 373 g/mol. The standard InChI is InChI=1S/C17H25ClN2OS2/c1-2-3-4-5-6-7-8-13-23-17(22)20-19-16(21)14-9-11-15(18)12-10-14/h9-12H,2-8,13H2,1H3,(H,19,21)(H,20,22). The van der Waals surface area contributed by atoms with Crippen molar-refractivity contribution >= 4 is 45.8 Å². The summed E-state index contributed by atoms with van der Waals surface area (Å²) in [5, 5.41) is 0.607. The van der Waals surface area contributed by atoms with Crippen LogP contribution in [-0.2, 0) is 0 Å². The van der Waals surface area contributed by atoms with E-state index < -0.39 is 0 Å². The van der Waals surface area contributed by atoms with Crippen molar-refractivity contribution in [2.45, 2.75) is 51.9 Å². The van der Waals surface area contributed by atoms with Gasteiger partial charge in [0.1, 0.15) is 0 Å². The fourth-order valence-corrected chi connectivity index (χ4v) is 3.13. The van der Waals surface area contributed by atoms with E-state index in [4.69, 9.17) is 23.8 Å². The van der Waals surface area contributed by atoms with E-state index in [1.54, 1.807) is 36.0 Å². The Morgan fingerprint density at radius 1 is 1.04 bits per heavy atom. The Kier molecular flexibility index (Phi) is 11.1. The van der Waals surface area contributed by atoms with Gasteiger partial charge in [0.25, 0.3) is 5.91 Å². The smallest absolute Gasteiger partial charge is 0.269 e. The largest absolute Gasteiger partial charge is 0.283 e. The van der Waals surface area contributed by atoms with E-state index in [0.717, 1.165) is 12.2 Å². The summed E-state index contributed by atoms with van der Waals surface area (Å²) in [6.45, 7) is 2.23. The van der Waals surface area contributed by atoms with Crippen LogP contribution in [0.4, 0.5) is 0 Å². The monoisotopic (exact) mass is 372 g/mol. The van der Waals surface area contributed by atoms with Crippen LogP contribution in [0.25, 0.3) is 0 Å². The maximum Gasteiger partial charge on any atom is 0.269 e. The number of thioether (sulfide) groups is 1. The van der Waals surface area contributed by atoms with Gasteiger partial charge in [-0.25, -0.2) is 0 Å². The lowest BCUT2D eigenvalue weighted by Crippen LogP contribution is -2.39. The minimum Gasteiger partial charge on any atom is -0.283 e. The molecule has 0 aromatic heterocycles. The molecule has 0 aliphatic carbocycles. The van der Waals surface area contributed by atoms with E-state index in [1.165, 1.54) is 38.5 Å². The molecule has 0 saturated carbocycles. The minimum absolute atomic E-state index is 0.222. The Hall–Kier alpha value is -0.780. The molecule has 0 fully saturated rings. The highest BCUT2D eigenvalue weighted by Crippen LogP contribution is 2.11. The molecule has 1 aromatic rings. The molecule has 1 aromatic carbocycles. The SMILES string of the molecule is CCCCCCCCCSC(=S)NNC(=O)c1ccc(Cl)cc1. The van der Waals surface area contributed by atoms with Gasteiger partial charge in [-0.15, -0.1) is 0 Å². The molecule has 3 nitrogen and oxygen atoms in total. The number of thiocarbonyl (C=S) groups is 1. The van der Waals surface area contributed by atoms with Gasteiger partial charge in [-0.1, -0.05) is 81.0 Å². The third-order valence-corrected chi connectivity index (χ3v) is 4.93. The van der Waals surface area contributed by atoms with Crippen molar-refractivity contribution in [3.05, 3.63) is 34.9 Å². The molecule has 1 rings (SSSR count). The number of halogens is 1. The number of hydrogen-bond acceptors (Lipinski definition) is 3. The molecule has 2 N–H and O–H groups in total. The molecule has 0 unspecified atom stereocenters. The number of unbranched alkanes of at least 4 members (excludes halogenated alkanes) is 6. The molecular weight excluding hydrogens is 348 g/mol. The fraction of sp³-hybridized carbons (Fsp3) is 0.529. The molecule has 0 heterocycles. The summed E-state index contributed by atoms with van der Waals surface area (Å²) >= 11 is 12.6. The molecule has 0 bridgehead atoms. The van der Waals surface area contributed by atoms with Crippen molar-refractivity contribution in [1.29, 1.82) is 0 Å². The zero-order valence-electron chi connectivity index (χ0n) is 13.6. The molecule has 0 aliphatic rings. The average Bonchev–Trinajstić information content (AvgIpc) is 2.55. The van der Waals surface area contributed by atoms with E-state index in [1.807, 2.05) is 0 Å². The maximum absolute atomic E-state index is 11.9. The van der Waals surface area contributed by atoms with Crippen LogP contribution in [0.3, 0.4) is 0 Å². The van der Waals surface area contributed by atoms with Gasteiger partial charge in [0.2, 0.25) is 0 Å². The molecule has 0 spiro atoms. The minimum atomic E-state index is -0.222. The summed E-state index contributed by atoms with van der Waals surface area (Å²) in [5.74, 6) is 0.761. The molecule has 0 radical (unpaired) electrons. The van der Waals surface area contributed by atoms with Crippen molar-refractivity contribution in [2.24, 2.45) is 0 Å². The lowest BCUT2D eigenvalue weighted by molar-refractivity contribution is 0.0944. The highest BCUT2D eigenvalue weighted by molar-refractivity contribution is 8.22. The van der Waals surface area contributed by atoms with Crippen molar-refractivity contribution in [3.8, 4) is 0 Å². The molecule has 128 valence electrons. The van der Waals surface area contributed by atoms with Gasteiger partial charge < -0.3 is 0 Å². The molecule has 0 atom stereocenters. The molecule has 6 heteroatoms. The summed E-state index contributed by atoms with van der Waals surface area (Å²) in [5.41, 5.74) is 5.92. The summed E-state index contributed by atoms with van der Waals surface area (Å²) in [7, 11) is 0. The van der Waals surface area contributed by atoms with Crippen LogP contribution >= 0.6 is 35.6 Å². The van der Waals surface area contributed by atoms with Crippen LogP contribution in [-0.4, -0.2) is 16.0 Å². The molecule has 0 saturated heterocycles. The van der Waals surface area contributed by atoms with Crippen molar-refractivity contribution < 1.29 is 4.79 Å². The first-order valence-electron chi connectivity index (χ1n) is 8.12. The Morgan fingerprint density at radius 3 is 2.30 bits per heavy atom. The lowest BCUT2D eigenvalue weighted by atomic mass is 10.1. The third kappa shape index (κ3) is 9.84. The van der Waals surface area contributed by atoms with Gasteiger partial charge in [-0.05, 0) is 30.7 Å². The summed E-state index contributed by atoms with van der Waals surface area (Å²) in [4.78, 5) is 11.9. The van der Waals surface area contributed by atoms with Gasteiger partial charge in [-0.3, -0.25) is 15.6 Å². The van der Waals surface area contributed by atoms with Crippen LogP contribution in [0, 0.1) is 0 Å². The number of hydrazine groups is 1. The zero-order valence-corrected chi connectivity index (χ0v) is 16.0. The third-order valence-electron chi connectivity index (χ3n) is 3.37. The Balaban J connectivity index is 2.06. The van der Waals surface area contributed by atoms with Crippen LogP contribution in [0.15, 0.2) is 24.3 Å². The van der Waals surface area contributed by atoms with Gasteiger partial charge in [0, 0.05) is 16.3 Å². The molecule has 1 amide bonds. The van der Waals surface area contributed by atoms with Crippen molar-refractivity contribution in [1.82, 2.24) is 10.9 Å². The van der Waals surface area contributed by atoms with Crippen molar-refractivity contribution in [2.75, 3.05) is 5.75 Å². The van der Waals surface area contributed by atoms with E-state index in [2.05, 4.69) is 17.8 Å². The number of carbonyl (C=O) groups is 1. The summed E-state index contributed by atoms with van der Waals surface area (Å²) in [6, 6.07) is 6.72. The van der Waals surface area contributed by atoms with Gasteiger partial charge in [0.15, 0.2) is 4.32 Å². The predicted molar refractivity (Wildman–Crippen MR) is 105 cm³/mol. The molecule has 23 heavy (non-hydrogen) atoms. The first-order chi connectivity index (χ1) is 11.1. The number of carbonyl (C=O) groups excluding carboxylic acids is 1. The normalized spacial score (nSPS) is 10.3. The number of benzene rings is 1. The fourth-order valence-electron chi connectivity index (χ4n) is 2.04. The first-order valence-corrected chi connectivity index (χ1v) is 9.89. The molecule has 0 aliphatic heterocycles. The number of hydrogen-bond donors (Lipinski definition) is 2. The van der Waals surface area contributed by atoms with Crippen LogP contribution in [0.5, 0.6) is 0 Å². The van der Waals surface area contributed by atoms with Crippen LogP contribution in [0.2, 0.25) is 5.02 Å². The second-order valence-corrected chi connectivity index (χ2v) is 7.55. The van der Waals surface area contributed by atoms with Crippen molar-refractivity contribution in [3.63, 3.8) is 0 Å². The summed E-state index contributed by atoms with van der Waals surface area (Å²) in [6.07, 6.45) is 9.01. The van der Waals surface area contributed by atoms with Crippen LogP contribution < -0.4 is 10.9 Å². The van der Waals surface area contributed by atoms with Crippen LogP contribution in [0.1, 0.15) is 62.2 Å². The highest BCUT2D eigenvalue weighted by atomic mass is 35.5. The Morgan fingerprint density at radius 2 is 1.65 bits per heavy atom. The number of rotatable bonds is 9. The second-order valence-electron chi connectivity index (χ2n) is 5.34. The van der Waals surface area contributed by atoms with E-state index in [0.29, 0.717) is 14.9 Å². The quantitative estimate of drug-likeness (QED) is 0.348. The van der Waals surface area contributed by atoms with Gasteiger partial charge in [-0.2, -0.15) is 0 Å². The van der Waals surface area contributed by atoms with E-state index in [-0.39, 0.29) is 5.91 Å². The maximum atomic E-state index is 11.9. The number of nitrogens with one attached hydrogen (secondary N) is 2. The number of amides is 1. The Labute approximate surface area is 153 Å². The van der Waals surface area contributed by atoms with Gasteiger partial charge in [0.05, 0.1) is 0 Å². The molecular formula is C17H25ClN2OS2. The highest BCUT2D eigenvalue weighted by Gasteiger charge is 2.05. The van der Waals surface area contributed by atoms with E-state index in [9.17, 15) is 4.79 Å². The Bertz CT molecular complexity index is 480. The van der Waals surface area contributed by atoms with Gasteiger partial charge >= 0.3 is 0 Å². The van der Waals surface area contributed by atoms with E-state index >= 15 is 0 Å². The topological polar surface area (TPSA) is 41.1 Å².